The van der Waals surface area contributed by atoms with E-state index >= 15 is 0 Å². The van der Waals surface area contributed by atoms with Crippen LogP contribution < -0.4 is 5.32 Å². The first-order valence-corrected chi connectivity index (χ1v) is 12.4. The van der Waals surface area contributed by atoms with Gasteiger partial charge in [0.15, 0.2) is 0 Å². The minimum atomic E-state index is -4.69. The zero-order valence-corrected chi connectivity index (χ0v) is 19.4. The molecule has 0 aliphatic carbocycles. The zero-order valence-electron chi connectivity index (χ0n) is 18.5. The van der Waals surface area contributed by atoms with Crippen molar-refractivity contribution < 1.29 is 23.7 Å². The van der Waals surface area contributed by atoms with Gasteiger partial charge in [-0.05, 0) is 29.7 Å². The molecule has 2 unspecified atom stereocenters. The molecule has 0 saturated heterocycles. The maximum absolute atomic E-state index is 12.5. The summed E-state index contributed by atoms with van der Waals surface area (Å²) in [5, 5.41) is 4.84. The first-order chi connectivity index (χ1) is 14.3. The molecule has 2 rings (SSSR count). The van der Waals surface area contributed by atoms with Crippen LogP contribution in [0.4, 0.5) is 0 Å². The van der Waals surface area contributed by atoms with Gasteiger partial charge in [0.25, 0.3) is 0 Å². The van der Waals surface area contributed by atoms with Gasteiger partial charge < -0.3 is 15.1 Å². The number of carbonyl (C=O) groups excluding carboxylic acids is 1. The summed E-state index contributed by atoms with van der Waals surface area (Å²) < 4.78 is 16.3. The fraction of sp³-hybridized carbons (Fsp3) is 0.522. The van der Waals surface area contributed by atoms with Gasteiger partial charge >= 0.3 is 7.82 Å². The van der Waals surface area contributed by atoms with Crippen LogP contribution in [0.3, 0.4) is 0 Å². The molecule has 0 spiro atoms. The van der Waals surface area contributed by atoms with Crippen molar-refractivity contribution >= 4 is 24.5 Å². The number of phosphoric acid groups is 1. The summed E-state index contributed by atoms with van der Waals surface area (Å²) in [6.45, 7) is 7.71. The minimum absolute atomic E-state index is 0.143. The fourth-order valence-corrected chi connectivity index (χ4v) is 3.94. The average Bonchev–Trinajstić information content (AvgIpc) is 2.72. The van der Waals surface area contributed by atoms with Crippen molar-refractivity contribution in [1.82, 2.24) is 5.32 Å². The number of amides is 1. The molecule has 3 N–H and O–H groups in total. The highest BCUT2D eigenvalue weighted by Gasteiger charge is 2.29. The molecule has 0 radical (unpaired) electrons. The predicted molar refractivity (Wildman–Crippen MR) is 122 cm³/mol. The Bertz CT molecular complexity index is 815. The van der Waals surface area contributed by atoms with Gasteiger partial charge in [0.1, 0.15) is 0 Å². The molecule has 0 saturated carbocycles. The van der Waals surface area contributed by atoms with Crippen LogP contribution in [0.2, 0.25) is 0 Å². The minimum Gasteiger partial charge on any atom is -0.347 e. The number of nitrogens with one attached hydrogen (secondary N) is 1. The van der Waals surface area contributed by atoms with E-state index < -0.39 is 20.0 Å². The second-order valence-electron chi connectivity index (χ2n) is 7.08. The van der Waals surface area contributed by atoms with E-state index in [9.17, 15) is 19.1 Å². The normalized spacial score (nSPS) is 13.3. The second kappa shape index (κ2) is 13.6. The van der Waals surface area contributed by atoms with Crippen molar-refractivity contribution in [3.8, 4) is 0 Å². The molecule has 2 aromatic rings. The lowest BCUT2D eigenvalue weighted by Gasteiger charge is -2.27. The van der Waals surface area contributed by atoms with Crippen LogP contribution in [0.25, 0.3) is 10.8 Å². The van der Waals surface area contributed by atoms with Crippen LogP contribution in [0.5, 0.6) is 0 Å². The topological polar surface area (TPSA) is 95.9 Å². The average molecular weight is 438 g/mol. The molecule has 2 aromatic carbocycles. The first kappa shape index (κ1) is 26.3. The highest BCUT2D eigenvalue weighted by atomic mass is 31.2. The number of benzene rings is 2. The SMILES string of the molecule is CC.CCCCCCCC(=O)NC(c1cccc2ccccc12)C(C)OP(=O)(O)O. The van der Waals surface area contributed by atoms with Gasteiger partial charge in [-0.1, -0.05) is 88.9 Å². The maximum atomic E-state index is 12.5. The van der Waals surface area contributed by atoms with Crippen molar-refractivity contribution in [2.45, 2.75) is 78.4 Å². The third kappa shape index (κ3) is 8.97. The van der Waals surface area contributed by atoms with E-state index in [1.165, 1.54) is 0 Å². The molecule has 30 heavy (non-hydrogen) atoms. The summed E-state index contributed by atoms with van der Waals surface area (Å²) in [4.78, 5) is 31.0. The lowest BCUT2D eigenvalue weighted by molar-refractivity contribution is -0.122. The summed E-state index contributed by atoms with van der Waals surface area (Å²) in [6.07, 6.45) is 4.69. The van der Waals surface area contributed by atoms with Crippen LogP contribution in [-0.4, -0.2) is 21.8 Å². The zero-order chi connectivity index (χ0) is 22.6. The van der Waals surface area contributed by atoms with Crippen LogP contribution in [0.1, 0.15) is 77.8 Å². The Morgan fingerprint density at radius 1 is 1.03 bits per heavy atom. The maximum Gasteiger partial charge on any atom is 0.469 e. The number of hydrogen-bond donors (Lipinski definition) is 3. The molecule has 0 aromatic heterocycles. The standard InChI is InChI=1S/C21H30NO5P.C2H6/c1-3-4-5-6-7-15-20(23)22-21(16(2)27-28(24,25)26)19-14-10-12-17-11-8-9-13-18(17)19;1-2/h8-14,16,21H,3-7,15H2,1-2H3,(H,22,23)(H2,24,25,26);1-2H3. The molecule has 0 aliphatic rings. The Morgan fingerprint density at radius 3 is 2.33 bits per heavy atom. The van der Waals surface area contributed by atoms with Gasteiger partial charge in [-0.2, -0.15) is 0 Å². The van der Waals surface area contributed by atoms with Crippen LogP contribution >= 0.6 is 7.82 Å². The van der Waals surface area contributed by atoms with Crippen molar-refractivity contribution in [2.24, 2.45) is 0 Å². The smallest absolute Gasteiger partial charge is 0.347 e. The van der Waals surface area contributed by atoms with E-state index in [-0.39, 0.29) is 5.91 Å². The van der Waals surface area contributed by atoms with Crippen molar-refractivity contribution in [1.29, 1.82) is 0 Å². The summed E-state index contributed by atoms with van der Waals surface area (Å²) in [5.41, 5.74) is 0.776. The molecule has 7 heteroatoms. The van der Waals surface area contributed by atoms with Crippen molar-refractivity contribution in [2.75, 3.05) is 0 Å². The molecule has 168 valence electrons. The van der Waals surface area contributed by atoms with Gasteiger partial charge in [0.05, 0.1) is 12.1 Å². The molecule has 0 heterocycles. The molecule has 0 aliphatic heterocycles. The third-order valence-corrected chi connectivity index (χ3v) is 5.36. The Hall–Kier alpha value is -1.72. The monoisotopic (exact) mass is 437 g/mol. The van der Waals surface area contributed by atoms with E-state index in [4.69, 9.17) is 4.52 Å². The van der Waals surface area contributed by atoms with Gasteiger partial charge in [-0.25, -0.2) is 4.57 Å². The number of hydrogen-bond acceptors (Lipinski definition) is 3. The first-order valence-electron chi connectivity index (χ1n) is 10.8. The van der Waals surface area contributed by atoms with Gasteiger partial charge in [0, 0.05) is 6.42 Å². The number of unbranched alkanes of at least 4 members (excludes halogenated alkanes) is 4. The highest BCUT2D eigenvalue weighted by molar-refractivity contribution is 7.46. The summed E-state index contributed by atoms with van der Waals surface area (Å²) in [5.74, 6) is -0.143. The molecule has 0 bridgehead atoms. The lowest BCUT2D eigenvalue weighted by Crippen LogP contribution is -2.36. The van der Waals surface area contributed by atoms with E-state index in [0.717, 1.165) is 48.4 Å². The van der Waals surface area contributed by atoms with E-state index in [0.29, 0.717) is 6.42 Å². The summed E-state index contributed by atoms with van der Waals surface area (Å²) in [6, 6.07) is 12.7. The van der Waals surface area contributed by atoms with Crippen LogP contribution in [-0.2, 0) is 13.9 Å². The molecular formula is C23H36NO5P. The molecule has 0 fully saturated rings. The molecule has 6 nitrogen and oxygen atoms in total. The Morgan fingerprint density at radius 2 is 1.67 bits per heavy atom. The van der Waals surface area contributed by atoms with E-state index in [1.54, 1.807) is 6.92 Å². The number of carbonyl (C=O) groups is 1. The lowest BCUT2D eigenvalue weighted by atomic mass is 9.95. The van der Waals surface area contributed by atoms with Gasteiger partial charge in [-0.3, -0.25) is 9.32 Å². The molecule has 2 atom stereocenters. The number of fused-ring (bicyclic) bond motifs is 1. The Labute approximate surface area is 180 Å². The molecule has 1 amide bonds. The van der Waals surface area contributed by atoms with E-state index in [2.05, 4.69) is 12.2 Å². The quantitative estimate of drug-likeness (QED) is 0.301. The highest BCUT2D eigenvalue weighted by Crippen LogP contribution is 2.41. The third-order valence-electron chi connectivity index (χ3n) is 4.76. The van der Waals surface area contributed by atoms with E-state index in [1.807, 2.05) is 56.3 Å². The Kier molecular flexibility index (Phi) is 11.9. The summed E-state index contributed by atoms with van der Waals surface area (Å²) in [7, 11) is -4.69. The van der Waals surface area contributed by atoms with Gasteiger partial charge in [0.2, 0.25) is 5.91 Å². The number of phosphoric ester groups is 1. The molecular weight excluding hydrogens is 401 g/mol. The van der Waals surface area contributed by atoms with Crippen LogP contribution in [0.15, 0.2) is 42.5 Å². The Balaban J connectivity index is 0.00000218. The van der Waals surface area contributed by atoms with Gasteiger partial charge in [-0.15, -0.1) is 0 Å². The van der Waals surface area contributed by atoms with Crippen molar-refractivity contribution in [3.05, 3.63) is 48.0 Å². The van der Waals surface area contributed by atoms with Crippen molar-refractivity contribution in [3.63, 3.8) is 0 Å². The second-order valence-corrected chi connectivity index (χ2v) is 8.27. The summed E-state index contributed by atoms with van der Waals surface area (Å²) >= 11 is 0. The number of rotatable bonds is 11. The largest absolute Gasteiger partial charge is 0.469 e. The van der Waals surface area contributed by atoms with Crippen LogP contribution in [0, 0.1) is 0 Å². The fourth-order valence-electron chi connectivity index (χ4n) is 3.38. The predicted octanol–water partition coefficient (Wildman–Crippen LogP) is 5.88.